The van der Waals surface area contributed by atoms with Crippen LogP contribution in [0.3, 0.4) is 0 Å². The molecule has 1 aromatic carbocycles. The minimum atomic E-state index is -0.436. The fraction of sp³-hybridized carbons (Fsp3) is 0.318. The molecule has 5 rings (SSSR count). The van der Waals surface area contributed by atoms with Crippen LogP contribution in [0.4, 0.5) is 5.82 Å². The van der Waals surface area contributed by atoms with Crippen molar-refractivity contribution in [2.75, 3.05) is 31.1 Å². The van der Waals surface area contributed by atoms with E-state index in [-0.39, 0.29) is 0 Å². The molecule has 0 unspecified atom stereocenters. The van der Waals surface area contributed by atoms with Gasteiger partial charge in [-0.1, -0.05) is 11.6 Å². The maximum atomic E-state index is 12.2. The molecule has 0 atom stereocenters. The highest BCUT2D eigenvalue weighted by atomic mass is 35.5. The van der Waals surface area contributed by atoms with Crippen molar-refractivity contribution in [3.8, 4) is 11.3 Å². The number of hydrogen-bond acceptors (Lipinski definition) is 6. The van der Waals surface area contributed by atoms with Gasteiger partial charge in [0, 0.05) is 54.4 Å². The van der Waals surface area contributed by atoms with Crippen LogP contribution in [0, 0.1) is 0 Å². The lowest BCUT2D eigenvalue weighted by molar-refractivity contribution is 0.209. The van der Waals surface area contributed by atoms with Crippen LogP contribution in [-0.4, -0.2) is 52.1 Å². The van der Waals surface area contributed by atoms with Gasteiger partial charge in [0.2, 0.25) is 0 Å². The molecule has 154 valence electrons. The number of aromatic amines is 1. The number of pyridine rings is 1. The molecule has 1 aliphatic rings. The molecule has 1 N–H and O–H groups in total. The van der Waals surface area contributed by atoms with Gasteiger partial charge in [-0.05, 0) is 44.2 Å². The van der Waals surface area contributed by atoms with Gasteiger partial charge in [0.25, 0.3) is 0 Å². The molecule has 3 aromatic heterocycles. The highest BCUT2D eigenvalue weighted by Gasteiger charge is 2.20. The van der Waals surface area contributed by atoms with E-state index in [0.717, 1.165) is 42.9 Å². The van der Waals surface area contributed by atoms with Crippen molar-refractivity contribution in [3.63, 3.8) is 0 Å². The molecule has 0 amide bonds. The zero-order chi connectivity index (χ0) is 20.8. The monoisotopic (exact) mass is 423 g/mol. The maximum Gasteiger partial charge on any atom is 0.346 e. The smallest absolute Gasteiger partial charge is 0.346 e. The fourth-order valence-electron chi connectivity index (χ4n) is 4.02. The van der Waals surface area contributed by atoms with E-state index in [1.165, 1.54) is 0 Å². The van der Waals surface area contributed by atoms with Crippen LogP contribution in [0.25, 0.3) is 33.3 Å². The molecular formula is C22H22ClN5O2. The second kappa shape index (κ2) is 7.41. The largest absolute Gasteiger partial charge is 0.452 e. The third-order valence-corrected chi connectivity index (χ3v) is 5.94. The minimum Gasteiger partial charge on any atom is -0.452 e. The molecule has 0 spiro atoms. The zero-order valence-corrected chi connectivity index (χ0v) is 17.6. The van der Waals surface area contributed by atoms with Crippen LogP contribution in [0.1, 0.15) is 13.8 Å². The molecule has 1 aliphatic heterocycles. The van der Waals surface area contributed by atoms with E-state index in [0.29, 0.717) is 33.4 Å². The average Bonchev–Trinajstić information content (AvgIpc) is 3.11. The molecule has 7 nitrogen and oxygen atoms in total. The van der Waals surface area contributed by atoms with E-state index >= 15 is 0 Å². The number of nitrogens with one attached hydrogen (secondary N) is 1. The summed E-state index contributed by atoms with van der Waals surface area (Å²) < 4.78 is 5.99. The molecular weight excluding hydrogens is 402 g/mol. The van der Waals surface area contributed by atoms with Crippen molar-refractivity contribution in [3.05, 3.63) is 52.0 Å². The van der Waals surface area contributed by atoms with Crippen LogP contribution in [-0.2, 0) is 0 Å². The van der Waals surface area contributed by atoms with Gasteiger partial charge in [-0.3, -0.25) is 4.90 Å². The number of nitrogens with zero attached hydrogens (tertiary/aromatic N) is 4. The van der Waals surface area contributed by atoms with E-state index in [1.807, 2.05) is 12.1 Å². The number of benzene rings is 1. The first kappa shape index (κ1) is 19.1. The van der Waals surface area contributed by atoms with E-state index in [4.69, 9.17) is 16.0 Å². The summed E-state index contributed by atoms with van der Waals surface area (Å²) in [5.74, 6) is 0.930. The third-order valence-electron chi connectivity index (χ3n) is 5.70. The standard InChI is InChI=1S/C22H22ClN5O2/c1-13(2)27-7-9-28(10-8-27)18-6-3-14(12-24-18)19-21-20(26-22(29)25-19)16-11-15(23)4-5-17(16)30-21/h3-6,11-13H,7-10H2,1-2H3,(H,25,26,29). The average molecular weight is 424 g/mol. The van der Waals surface area contributed by atoms with Gasteiger partial charge in [0.05, 0.1) is 5.52 Å². The summed E-state index contributed by atoms with van der Waals surface area (Å²) in [4.78, 5) is 28.6. The predicted molar refractivity (Wildman–Crippen MR) is 119 cm³/mol. The Kier molecular flexibility index (Phi) is 4.72. The number of aromatic nitrogens is 3. The van der Waals surface area contributed by atoms with Crippen LogP contribution in [0.5, 0.6) is 0 Å². The lowest BCUT2D eigenvalue weighted by Gasteiger charge is -2.37. The normalized spacial score (nSPS) is 15.5. The first-order valence-electron chi connectivity index (χ1n) is 10.1. The topological polar surface area (TPSA) is 78.3 Å². The lowest BCUT2D eigenvalue weighted by Crippen LogP contribution is -2.49. The predicted octanol–water partition coefficient (Wildman–Crippen LogP) is 3.92. The number of H-pyrrole nitrogens is 1. The number of hydrogen-bond donors (Lipinski definition) is 1. The van der Waals surface area contributed by atoms with Crippen LogP contribution >= 0.6 is 11.6 Å². The van der Waals surface area contributed by atoms with Crippen molar-refractivity contribution in [2.24, 2.45) is 0 Å². The highest BCUT2D eigenvalue weighted by Crippen LogP contribution is 2.33. The van der Waals surface area contributed by atoms with Gasteiger partial charge in [0.1, 0.15) is 17.1 Å². The lowest BCUT2D eigenvalue weighted by atomic mass is 10.1. The summed E-state index contributed by atoms with van der Waals surface area (Å²) in [7, 11) is 0. The Morgan fingerprint density at radius 2 is 1.93 bits per heavy atom. The second-order valence-corrected chi connectivity index (χ2v) is 8.30. The maximum absolute atomic E-state index is 12.2. The van der Waals surface area contributed by atoms with Gasteiger partial charge in [0.15, 0.2) is 5.58 Å². The number of furan rings is 1. The molecule has 4 heterocycles. The Labute approximate surface area is 178 Å². The molecule has 4 aromatic rings. The summed E-state index contributed by atoms with van der Waals surface area (Å²) in [5.41, 5.74) is 2.54. The Hall–Kier alpha value is -2.90. The Bertz CT molecular complexity index is 1270. The minimum absolute atomic E-state index is 0.436. The van der Waals surface area contributed by atoms with Crippen LogP contribution < -0.4 is 10.6 Å². The van der Waals surface area contributed by atoms with Crippen molar-refractivity contribution >= 4 is 39.5 Å². The molecule has 30 heavy (non-hydrogen) atoms. The fourth-order valence-corrected chi connectivity index (χ4v) is 4.20. The Morgan fingerprint density at radius 1 is 1.13 bits per heavy atom. The number of rotatable bonds is 3. The SMILES string of the molecule is CC(C)N1CCN(c2ccc(-c3nc(=O)[nH]c4c3oc3ccc(Cl)cc34)cn2)CC1. The van der Waals surface area contributed by atoms with Gasteiger partial charge in [-0.15, -0.1) is 0 Å². The van der Waals surface area contributed by atoms with Crippen molar-refractivity contribution < 1.29 is 4.42 Å². The summed E-state index contributed by atoms with van der Waals surface area (Å²) >= 11 is 6.12. The summed E-state index contributed by atoms with van der Waals surface area (Å²) in [6, 6.07) is 9.81. The van der Waals surface area contributed by atoms with E-state index < -0.39 is 5.69 Å². The summed E-state index contributed by atoms with van der Waals surface area (Å²) in [6.45, 7) is 8.40. The van der Waals surface area contributed by atoms with E-state index in [1.54, 1.807) is 24.4 Å². The molecule has 0 aliphatic carbocycles. The van der Waals surface area contributed by atoms with Crippen LogP contribution in [0.2, 0.25) is 5.02 Å². The molecule has 1 saturated heterocycles. The summed E-state index contributed by atoms with van der Waals surface area (Å²) in [5, 5.41) is 1.33. The number of fused-ring (bicyclic) bond motifs is 3. The highest BCUT2D eigenvalue weighted by molar-refractivity contribution is 6.31. The van der Waals surface area contributed by atoms with Gasteiger partial charge in [-0.2, -0.15) is 4.98 Å². The second-order valence-electron chi connectivity index (χ2n) is 7.86. The van der Waals surface area contributed by atoms with Crippen LogP contribution in [0.15, 0.2) is 45.7 Å². The third kappa shape index (κ3) is 3.34. The van der Waals surface area contributed by atoms with Crippen molar-refractivity contribution in [2.45, 2.75) is 19.9 Å². The van der Waals surface area contributed by atoms with E-state index in [9.17, 15) is 4.79 Å². The molecule has 0 radical (unpaired) electrons. The van der Waals surface area contributed by atoms with E-state index in [2.05, 4.69) is 38.6 Å². The molecule has 1 fully saturated rings. The summed E-state index contributed by atoms with van der Waals surface area (Å²) in [6.07, 6.45) is 1.76. The van der Waals surface area contributed by atoms with Gasteiger partial charge < -0.3 is 14.3 Å². The quantitative estimate of drug-likeness (QED) is 0.538. The Balaban J connectivity index is 1.50. The molecule has 0 saturated carbocycles. The van der Waals surface area contributed by atoms with Gasteiger partial charge in [-0.25, -0.2) is 9.78 Å². The van der Waals surface area contributed by atoms with Gasteiger partial charge >= 0.3 is 5.69 Å². The molecule has 8 heteroatoms. The number of halogens is 1. The zero-order valence-electron chi connectivity index (χ0n) is 16.9. The number of piperazine rings is 1. The van der Waals surface area contributed by atoms with Crippen molar-refractivity contribution in [1.29, 1.82) is 0 Å². The molecule has 0 bridgehead atoms. The number of anilines is 1. The van der Waals surface area contributed by atoms with Crippen molar-refractivity contribution in [1.82, 2.24) is 19.9 Å². The first-order valence-corrected chi connectivity index (χ1v) is 10.4. The Morgan fingerprint density at radius 3 is 2.63 bits per heavy atom. The first-order chi connectivity index (χ1) is 14.5.